The number of halogens is 6. The van der Waals surface area contributed by atoms with Crippen LogP contribution in [-0.4, -0.2) is 53.2 Å². The minimum atomic E-state index is -4.71. The molecule has 4 rings (SSSR count). The van der Waals surface area contributed by atoms with Gasteiger partial charge in [-0.3, -0.25) is 19.6 Å². The fraction of sp³-hybridized carbons (Fsp3) is 0.242. The fourth-order valence-electron chi connectivity index (χ4n) is 5.46. The van der Waals surface area contributed by atoms with E-state index in [1.54, 1.807) is 6.92 Å². The second kappa shape index (κ2) is 13.7. The molecule has 4 aromatic rings. The number of aryl methyl sites for hydroxylation is 2. The second-order valence-corrected chi connectivity index (χ2v) is 10.8. The molecule has 0 aliphatic carbocycles. The first-order chi connectivity index (χ1) is 22.5. The predicted molar refractivity (Wildman–Crippen MR) is 170 cm³/mol. The van der Waals surface area contributed by atoms with Crippen molar-refractivity contribution >= 4 is 53.3 Å². The number of amides is 1. The number of anilines is 1. The van der Waals surface area contributed by atoms with E-state index < -0.39 is 77.2 Å². The Morgan fingerprint density at radius 1 is 1.00 bits per heavy atom. The Morgan fingerprint density at radius 3 is 2.17 bits per heavy atom. The van der Waals surface area contributed by atoms with Gasteiger partial charge >= 0.3 is 12.1 Å². The summed E-state index contributed by atoms with van der Waals surface area (Å²) in [5.74, 6) is -6.67. The van der Waals surface area contributed by atoms with Gasteiger partial charge < -0.3 is 20.3 Å². The number of carbonyl (C=O) groups is 2. The smallest absolute Gasteiger partial charge is 0.408 e. The number of fused-ring (bicyclic) bond motifs is 1. The molecule has 0 saturated heterocycles. The summed E-state index contributed by atoms with van der Waals surface area (Å²) in [6, 6.07) is 3.88. The molecule has 15 heteroatoms. The summed E-state index contributed by atoms with van der Waals surface area (Å²) in [5, 5.41) is 14.3. The van der Waals surface area contributed by atoms with Crippen molar-refractivity contribution in [2.75, 3.05) is 5.32 Å². The number of benzene rings is 3. The standard InChI is InChI=1S/C33H29F6N5O4/c1-6-25(33(37,38)39)42-18-13-21(35)27(22(36)14-18)30(45)43-23(32(47)48)11-16-7-9-19(29(41-4)28(16)40-3)26-15(2)20-12-17(34)8-10-24(20)44(5)31(26)46/h7-10,12-14,23,25,42H,3-4,6,11H2,1-2,5H3,(H,43,45)(H,47,48)/t23-,25?/m0/s1. The maximum absolute atomic E-state index is 14.9. The van der Waals surface area contributed by atoms with Crippen LogP contribution in [0.3, 0.4) is 0 Å². The molecule has 9 nitrogen and oxygen atoms in total. The largest absolute Gasteiger partial charge is 0.480 e. The summed E-state index contributed by atoms with van der Waals surface area (Å²) < 4.78 is 84.6. The lowest BCUT2D eigenvalue weighted by Gasteiger charge is -2.22. The van der Waals surface area contributed by atoms with E-state index in [0.29, 0.717) is 28.6 Å². The number of aromatic nitrogens is 1. The highest BCUT2D eigenvalue weighted by Crippen LogP contribution is 2.42. The van der Waals surface area contributed by atoms with Gasteiger partial charge in [0.05, 0.1) is 22.5 Å². The third-order valence-electron chi connectivity index (χ3n) is 7.88. The van der Waals surface area contributed by atoms with Crippen LogP contribution in [0.2, 0.25) is 0 Å². The summed E-state index contributed by atoms with van der Waals surface area (Å²) in [6.07, 6.45) is -5.67. The average molecular weight is 674 g/mol. The third kappa shape index (κ3) is 6.80. The third-order valence-corrected chi connectivity index (χ3v) is 7.88. The van der Waals surface area contributed by atoms with Crippen LogP contribution in [0.15, 0.2) is 57.2 Å². The Bertz CT molecular complexity index is 2000. The molecule has 0 aliphatic heterocycles. The number of alkyl halides is 3. The lowest BCUT2D eigenvalue weighted by Crippen LogP contribution is -2.43. The van der Waals surface area contributed by atoms with E-state index in [0.717, 1.165) is 0 Å². The average Bonchev–Trinajstić information content (AvgIpc) is 3.01. The highest BCUT2D eigenvalue weighted by molar-refractivity contribution is 5.98. The van der Waals surface area contributed by atoms with Crippen molar-refractivity contribution in [3.8, 4) is 11.1 Å². The van der Waals surface area contributed by atoms with Gasteiger partial charge in [0.2, 0.25) is 0 Å². The molecule has 48 heavy (non-hydrogen) atoms. The van der Waals surface area contributed by atoms with E-state index in [1.807, 2.05) is 10.6 Å². The Balaban J connectivity index is 1.70. The maximum Gasteiger partial charge on any atom is 0.408 e. The molecule has 3 aromatic carbocycles. The molecule has 0 aliphatic rings. The minimum Gasteiger partial charge on any atom is -0.480 e. The van der Waals surface area contributed by atoms with Crippen LogP contribution in [0.4, 0.5) is 43.4 Å². The Morgan fingerprint density at radius 2 is 1.62 bits per heavy atom. The molecule has 1 amide bonds. The summed E-state index contributed by atoms with van der Waals surface area (Å²) in [5.41, 5.74) is -0.820. The van der Waals surface area contributed by atoms with Crippen LogP contribution in [0.1, 0.15) is 34.8 Å². The molecule has 252 valence electrons. The minimum absolute atomic E-state index is 0.00766. The number of rotatable bonds is 11. The van der Waals surface area contributed by atoms with Crippen molar-refractivity contribution < 1.29 is 41.0 Å². The van der Waals surface area contributed by atoms with Crippen LogP contribution >= 0.6 is 0 Å². The molecular formula is C33H29F6N5O4. The Kier molecular flexibility index (Phi) is 10.1. The van der Waals surface area contributed by atoms with Gasteiger partial charge in [0, 0.05) is 30.1 Å². The topological polar surface area (TPSA) is 125 Å². The number of hydrogen-bond donors (Lipinski definition) is 3. The molecule has 1 heterocycles. The highest BCUT2D eigenvalue weighted by atomic mass is 19.4. The summed E-state index contributed by atoms with van der Waals surface area (Å²) in [7, 11) is 1.51. The van der Waals surface area contributed by atoms with Crippen LogP contribution in [0.5, 0.6) is 0 Å². The zero-order valence-corrected chi connectivity index (χ0v) is 25.8. The van der Waals surface area contributed by atoms with Crippen molar-refractivity contribution in [1.82, 2.24) is 9.88 Å². The predicted octanol–water partition coefficient (Wildman–Crippen LogP) is 6.77. The summed E-state index contributed by atoms with van der Waals surface area (Å²) >= 11 is 0. The van der Waals surface area contributed by atoms with Crippen molar-refractivity contribution in [3.05, 3.63) is 87.0 Å². The Labute approximate surface area is 269 Å². The van der Waals surface area contributed by atoms with Crippen molar-refractivity contribution in [2.45, 2.75) is 44.9 Å². The number of hydrogen-bond acceptors (Lipinski definition) is 6. The van der Waals surface area contributed by atoms with E-state index >= 15 is 0 Å². The summed E-state index contributed by atoms with van der Waals surface area (Å²) in [6.45, 7) is 9.90. The molecule has 0 fully saturated rings. The van der Waals surface area contributed by atoms with Crippen LogP contribution in [0.25, 0.3) is 22.0 Å². The SMILES string of the molecule is C=Nc1c(C[C@H](NC(=O)c2c(F)cc(NC(CC)C(F)(F)F)cc2F)C(=O)O)ccc(-c2c(C)c3cc(F)ccc3n(C)c2=O)c1N=C. The number of aliphatic carboxylic acids is 1. The lowest BCUT2D eigenvalue weighted by molar-refractivity contribution is -0.143. The van der Waals surface area contributed by atoms with E-state index in [9.17, 15) is 45.8 Å². The van der Waals surface area contributed by atoms with Gasteiger partial charge in [-0.1, -0.05) is 19.1 Å². The van der Waals surface area contributed by atoms with Crippen LogP contribution in [0, 0.1) is 24.4 Å². The highest BCUT2D eigenvalue weighted by Gasteiger charge is 2.38. The first-order valence-electron chi connectivity index (χ1n) is 14.3. The molecule has 0 radical (unpaired) electrons. The van der Waals surface area contributed by atoms with Gasteiger partial charge in [0.1, 0.15) is 35.1 Å². The van der Waals surface area contributed by atoms with Gasteiger partial charge in [-0.25, -0.2) is 18.0 Å². The molecule has 0 bridgehead atoms. The number of pyridine rings is 1. The molecule has 0 saturated carbocycles. The van der Waals surface area contributed by atoms with E-state index in [1.165, 1.54) is 48.9 Å². The maximum atomic E-state index is 14.9. The van der Waals surface area contributed by atoms with E-state index in [4.69, 9.17) is 0 Å². The Hall–Kier alpha value is -5.47. The number of carboxylic acid groups (broad SMARTS) is 1. The van der Waals surface area contributed by atoms with Crippen molar-refractivity contribution in [3.63, 3.8) is 0 Å². The molecule has 1 unspecified atom stereocenters. The van der Waals surface area contributed by atoms with Crippen LogP contribution in [-0.2, 0) is 18.3 Å². The molecule has 3 N–H and O–H groups in total. The van der Waals surface area contributed by atoms with Crippen molar-refractivity contribution in [2.24, 2.45) is 17.0 Å². The van der Waals surface area contributed by atoms with E-state index in [-0.39, 0.29) is 28.1 Å². The first kappa shape index (κ1) is 35.4. The number of nitrogens with zero attached hydrogens (tertiary/aromatic N) is 3. The number of aliphatic imine (C=N–C) groups is 2. The molecular weight excluding hydrogens is 644 g/mol. The van der Waals surface area contributed by atoms with E-state index in [2.05, 4.69) is 23.4 Å². The zero-order valence-electron chi connectivity index (χ0n) is 25.8. The van der Waals surface area contributed by atoms with Crippen LogP contribution < -0.4 is 16.2 Å². The number of carboxylic acids is 1. The number of carbonyl (C=O) groups excluding carboxylic acids is 1. The van der Waals surface area contributed by atoms with Crippen molar-refractivity contribution in [1.29, 1.82) is 0 Å². The number of nitrogens with one attached hydrogen (secondary N) is 2. The van der Waals surface area contributed by atoms with Gasteiger partial charge in [-0.05, 0) is 68.2 Å². The lowest BCUT2D eigenvalue weighted by atomic mass is 9.93. The fourth-order valence-corrected chi connectivity index (χ4v) is 5.46. The van der Waals surface area contributed by atoms with Gasteiger partial charge in [-0.2, -0.15) is 13.2 Å². The second-order valence-electron chi connectivity index (χ2n) is 10.8. The van der Waals surface area contributed by atoms with Gasteiger partial charge in [0.15, 0.2) is 0 Å². The summed E-state index contributed by atoms with van der Waals surface area (Å²) in [4.78, 5) is 46.5. The molecule has 0 spiro atoms. The monoisotopic (exact) mass is 673 g/mol. The molecule has 1 aromatic heterocycles. The quantitative estimate of drug-likeness (QED) is 0.120. The van der Waals surface area contributed by atoms with Gasteiger partial charge in [-0.15, -0.1) is 0 Å². The zero-order chi connectivity index (χ0) is 35.7. The van der Waals surface area contributed by atoms with Gasteiger partial charge in [0.25, 0.3) is 11.5 Å². The normalized spacial score (nSPS) is 12.8. The molecule has 2 atom stereocenters. The first-order valence-corrected chi connectivity index (χ1v) is 14.3.